The van der Waals surface area contributed by atoms with Gasteiger partial charge in [0.15, 0.2) is 17.3 Å². The molecule has 0 unspecified atom stereocenters. The van der Waals surface area contributed by atoms with Crippen LogP contribution in [0.1, 0.15) is 23.2 Å². The highest BCUT2D eigenvalue weighted by Gasteiger charge is 2.19. The van der Waals surface area contributed by atoms with Gasteiger partial charge in [-0.15, -0.1) is 0 Å². The number of nitrogen functional groups attached to an aromatic ring is 1. The number of fused-ring (bicyclic) bond motifs is 1. The topological polar surface area (TPSA) is 87.9 Å². The minimum atomic E-state index is -0.426. The van der Waals surface area contributed by atoms with Crippen molar-refractivity contribution >= 4 is 17.4 Å². The average Bonchev–Trinajstić information content (AvgIpc) is 2.43. The lowest BCUT2D eigenvalue weighted by Crippen LogP contribution is -2.17. The van der Waals surface area contributed by atoms with E-state index in [1.165, 1.54) is 7.11 Å². The molecule has 1 aliphatic heterocycles. The van der Waals surface area contributed by atoms with E-state index in [9.17, 15) is 9.59 Å². The van der Waals surface area contributed by atoms with Crippen molar-refractivity contribution in [2.24, 2.45) is 0 Å². The molecule has 0 bridgehead atoms. The van der Waals surface area contributed by atoms with Crippen molar-refractivity contribution in [3.8, 4) is 11.5 Å². The highest BCUT2D eigenvalue weighted by atomic mass is 16.6. The first kappa shape index (κ1) is 13.2. The average molecular weight is 265 g/mol. The molecule has 0 atom stereocenters. The first-order valence-electron chi connectivity index (χ1n) is 5.91. The Bertz CT molecular complexity index is 512. The molecule has 2 rings (SSSR count). The highest BCUT2D eigenvalue weighted by Crippen LogP contribution is 2.34. The lowest BCUT2D eigenvalue weighted by Gasteiger charge is -2.19. The number of rotatable bonds is 4. The number of carbonyl (C=O) groups is 2. The Kier molecular flexibility index (Phi) is 3.89. The molecule has 102 valence electrons. The van der Waals surface area contributed by atoms with E-state index < -0.39 is 5.97 Å². The molecule has 0 aromatic heterocycles. The molecule has 19 heavy (non-hydrogen) atoms. The van der Waals surface area contributed by atoms with Crippen LogP contribution in [0, 0.1) is 0 Å². The van der Waals surface area contributed by atoms with E-state index in [1.807, 2.05) is 0 Å². The van der Waals surface area contributed by atoms with E-state index >= 15 is 0 Å². The number of ketones is 1. The third-order valence-corrected chi connectivity index (χ3v) is 2.80. The number of hydrogen-bond donors (Lipinski definition) is 1. The molecule has 0 aliphatic carbocycles. The zero-order valence-corrected chi connectivity index (χ0v) is 10.6. The van der Waals surface area contributed by atoms with Crippen molar-refractivity contribution < 1.29 is 23.8 Å². The lowest BCUT2D eigenvalue weighted by molar-refractivity contribution is -0.140. The zero-order chi connectivity index (χ0) is 13.8. The monoisotopic (exact) mass is 265 g/mol. The summed E-state index contributed by atoms with van der Waals surface area (Å²) in [5.74, 6) is 0.388. The van der Waals surface area contributed by atoms with Crippen LogP contribution in [0.4, 0.5) is 5.69 Å². The number of ether oxygens (including phenoxy) is 3. The molecule has 1 heterocycles. The van der Waals surface area contributed by atoms with Crippen molar-refractivity contribution in [2.75, 3.05) is 26.1 Å². The van der Waals surface area contributed by atoms with Crippen molar-refractivity contribution in [2.45, 2.75) is 12.8 Å². The molecule has 0 amide bonds. The maximum Gasteiger partial charge on any atom is 0.305 e. The van der Waals surface area contributed by atoms with Gasteiger partial charge in [0.2, 0.25) is 0 Å². The number of Topliss-reactive ketones (excluding diaryl/α,β-unsaturated/α-hetero) is 1. The van der Waals surface area contributed by atoms with Gasteiger partial charge < -0.3 is 19.9 Å². The summed E-state index contributed by atoms with van der Waals surface area (Å²) in [5, 5.41) is 0. The number of carbonyl (C=O) groups excluding carboxylic acids is 2. The van der Waals surface area contributed by atoms with Gasteiger partial charge in [-0.2, -0.15) is 0 Å². The number of benzene rings is 1. The third-order valence-electron chi connectivity index (χ3n) is 2.80. The van der Waals surface area contributed by atoms with Gasteiger partial charge in [0.05, 0.1) is 13.5 Å². The first-order chi connectivity index (χ1) is 9.11. The van der Waals surface area contributed by atoms with Gasteiger partial charge >= 0.3 is 5.97 Å². The largest absolute Gasteiger partial charge is 0.486 e. The highest BCUT2D eigenvalue weighted by molar-refractivity contribution is 6.02. The molecule has 6 nitrogen and oxygen atoms in total. The van der Waals surface area contributed by atoms with Gasteiger partial charge in [-0.1, -0.05) is 0 Å². The van der Waals surface area contributed by atoms with E-state index in [4.69, 9.17) is 15.2 Å². The Balaban J connectivity index is 2.15. The van der Waals surface area contributed by atoms with Gasteiger partial charge in [-0.05, 0) is 6.07 Å². The van der Waals surface area contributed by atoms with Gasteiger partial charge in [-0.3, -0.25) is 9.59 Å². The minimum Gasteiger partial charge on any atom is -0.486 e. The van der Waals surface area contributed by atoms with Crippen LogP contribution >= 0.6 is 0 Å². The number of methoxy groups -OCH3 is 1. The fourth-order valence-corrected chi connectivity index (χ4v) is 1.80. The summed E-state index contributed by atoms with van der Waals surface area (Å²) < 4.78 is 15.2. The summed E-state index contributed by atoms with van der Waals surface area (Å²) in [6.07, 6.45) is 0.0831. The van der Waals surface area contributed by atoms with Crippen molar-refractivity contribution in [1.82, 2.24) is 0 Å². The molecule has 0 saturated heterocycles. The summed E-state index contributed by atoms with van der Waals surface area (Å²) in [6, 6.07) is 3.13. The fourth-order valence-electron chi connectivity index (χ4n) is 1.80. The van der Waals surface area contributed by atoms with Crippen molar-refractivity contribution in [1.29, 1.82) is 0 Å². The smallest absolute Gasteiger partial charge is 0.305 e. The fraction of sp³-hybridized carbons (Fsp3) is 0.385. The number of nitrogens with two attached hydrogens (primary N) is 1. The number of anilines is 1. The van der Waals surface area contributed by atoms with Crippen molar-refractivity contribution in [3.63, 3.8) is 0 Å². The van der Waals surface area contributed by atoms with Crippen LogP contribution in [0.25, 0.3) is 0 Å². The number of esters is 1. The first-order valence-corrected chi connectivity index (χ1v) is 5.91. The minimum absolute atomic E-state index is 0.0310. The molecule has 0 spiro atoms. The van der Waals surface area contributed by atoms with Gasteiger partial charge in [0, 0.05) is 23.7 Å². The maximum atomic E-state index is 12.0. The molecule has 0 fully saturated rings. The molecule has 0 radical (unpaired) electrons. The van der Waals surface area contributed by atoms with Crippen LogP contribution in [0.15, 0.2) is 12.1 Å². The second kappa shape index (κ2) is 5.60. The van der Waals surface area contributed by atoms with E-state index in [2.05, 4.69) is 4.74 Å². The Morgan fingerprint density at radius 3 is 2.47 bits per heavy atom. The summed E-state index contributed by atoms with van der Waals surface area (Å²) >= 11 is 0. The molecule has 1 aromatic carbocycles. The van der Waals surface area contributed by atoms with Crippen LogP contribution in [0.3, 0.4) is 0 Å². The van der Waals surface area contributed by atoms with Crippen LogP contribution < -0.4 is 15.2 Å². The summed E-state index contributed by atoms with van der Waals surface area (Å²) in [7, 11) is 1.28. The number of hydrogen-bond acceptors (Lipinski definition) is 6. The van der Waals surface area contributed by atoms with Gasteiger partial charge in [-0.25, -0.2) is 0 Å². The van der Waals surface area contributed by atoms with E-state index in [-0.39, 0.29) is 18.6 Å². The normalized spacial score (nSPS) is 12.9. The van der Waals surface area contributed by atoms with Crippen LogP contribution in [-0.2, 0) is 9.53 Å². The van der Waals surface area contributed by atoms with E-state index in [1.54, 1.807) is 12.1 Å². The summed E-state index contributed by atoms with van der Waals surface area (Å²) in [5.41, 5.74) is 6.47. The third kappa shape index (κ3) is 2.96. The Labute approximate surface area is 110 Å². The second-order valence-electron chi connectivity index (χ2n) is 4.08. The Hall–Kier alpha value is -2.24. The maximum absolute atomic E-state index is 12.0. The molecule has 0 saturated carbocycles. The molecule has 2 N–H and O–H groups in total. The molecular formula is C13H15NO5. The SMILES string of the molecule is COC(=O)CCC(=O)c1cc2c(cc1N)OCCO2. The van der Waals surface area contributed by atoms with Gasteiger partial charge in [0.25, 0.3) is 0 Å². The summed E-state index contributed by atoms with van der Waals surface area (Å²) in [6.45, 7) is 0.898. The standard InChI is InChI=1S/C13H15NO5/c1-17-13(16)3-2-10(15)8-6-11-12(7-9(8)14)19-5-4-18-11/h6-7H,2-5,14H2,1H3. The lowest BCUT2D eigenvalue weighted by atomic mass is 10.0. The Morgan fingerprint density at radius 2 is 1.84 bits per heavy atom. The Morgan fingerprint density at radius 1 is 1.21 bits per heavy atom. The summed E-state index contributed by atoms with van der Waals surface area (Å²) in [4.78, 5) is 23.0. The predicted molar refractivity (Wildman–Crippen MR) is 67.4 cm³/mol. The van der Waals surface area contributed by atoms with Crippen LogP contribution in [0.2, 0.25) is 0 Å². The molecule has 1 aromatic rings. The quantitative estimate of drug-likeness (QED) is 0.499. The molecule has 6 heteroatoms. The second-order valence-corrected chi connectivity index (χ2v) is 4.08. The van der Waals surface area contributed by atoms with E-state index in [0.29, 0.717) is 36.0 Å². The van der Waals surface area contributed by atoms with E-state index in [0.717, 1.165) is 0 Å². The predicted octanol–water partition coefficient (Wildman–Crippen LogP) is 1.18. The van der Waals surface area contributed by atoms with Gasteiger partial charge in [0.1, 0.15) is 13.2 Å². The van der Waals surface area contributed by atoms with Crippen molar-refractivity contribution in [3.05, 3.63) is 17.7 Å². The van der Waals surface area contributed by atoms with Crippen LogP contribution in [0.5, 0.6) is 11.5 Å². The van der Waals surface area contributed by atoms with Crippen LogP contribution in [-0.4, -0.2) is 32.1 Å². The molecule has 1 aliphatic rings. The zero-order valence-electron chi connectivity index (χ0n) is 10.6. The molecular weight excluding hydrogens is 250 g/mol.